The van der Waals surface area contributed by atoms with E-state index in [4.69, 9.17) is 21.1 Å². The average Bonchev–Trinajstić information content (AvgIpc) is 2.45. The Morgan fingerprint density at radius 3 is 2.70 bits per heavy atom. The lowest BCUT2D eigenvalue weighted by atomic mass is 10.2. The van der Waals surface area contributed by atoms with Gasteiger partial charge in [0.15, 0.2) is 17.9 Å². The first-order valence-corrected chi connectivity index (χ1v) is 6.22. The fourth-order valence-corrected chi connectivity index (χ4v) is 1.93. The highest BCUT2D eigenvalue weighted by Gasteiger charge is 2.08. The van der Waals surface area contributed by atoms with Gasteiger partial charge in [-0.05, 0) is 29.8 Å². The van der Waals surface area contributed by atoms with Gasteiger partial charge in [-0.1, -0.05) is 23.7 Å². The maximum atomic E-state index is 13.5. The maximum absolute atomic E-state index is 13.5. The monoisotopic (exact) mass is 294 g/mol. The summed E-state index contributed by atoms with van der Waals surface area (Å²) in [6.07, 6.45) is 0.631. The van der Waals surface area contributed by atoms with Crippen molar-refractivity contribution in [3.05, 3.63) is 58.4 Å². The molecule has 20 heavy (non-hydrogen) atoms. The normalized spacial score (nSPS) is 10.2. The van der Waals surface area contributed by atoms with Crippen molar-refractivity contribution in [2.75, 3.05) is 7.11 Å². The molecule has 0 bridgehead atoms. The first-order chi connectivity index (χ1) is 9.65. The summed E-state index contributed by atoms with van der Waals surface area (Å²) in [6, 6.07) is 9.45. The minimum atomic E-state index is -0.463. The molecule has 5 heteroatoms. The topological polar surface area (TPSA) is 35.5 Å². The second-order valence-electron chi connectivity index (χ2n) is 4.03. The van der Waals surface area contributed by atoms with E-state index in [1.807, 2.05) is 0 Å². The van der Waals surface area contributed by atoms with Crippen LogP contribution in [0.4, 0.5) is 4.39 Å². The first kappa shape index (κ1) is 14.3. The van der Waals surface area contributed by atoms with Gasteiger partial charge in [-0.15, -0.1) is 0 Å². The second-order valence-corrected chi connectivity index (χ2v) is 4.43. The number of halogens is 2. The van der Waals surface area contributed by atoms with Crippen LogP contribution < -0.4 is 9.47 Å². The maximum Gasteiger partial charge on any atom is 0.165 e. The van der Waals surface area contributed by atoms with Crippen molar-refractivity contribution in [3.8, 4) is 11.5 Å². The Bertz CT molecular complexity index is 629. The minimum absolute atomic E-state index is 0.127. The molecule has 2 rings (SSSR count). The molecule has 2 aromatic carbocycles. The lowest BCUT2D eigenvalue weighted by Gasteiger charge is -2.10. The Kier molecular flexibility index (Phi) is 4.58. The minimum Gasteiger partial charge on any atom is -0.494 e. The van der Waals surface area contributed by atoms with E-state index in [2.05, 4.69) is 0 Å². The fourth-order valence-electron chi connectivity index (χ4n) is 1.72. The van der Waals surface area contributed by atoms with Crippen molar-refractivity contribution in [2.24, 2.45) is 0 Å². The van der Waals surface area contributed by atoms with E-state index >= 15 is 0 Å². The van der Waals surface area contributed by atoms with E-state index in [0.717, 1.165) is 0 Å². The van der Waals surface area contributed by atoms with Crippen LogP contribution in [0.3, 0.4) is 0 Å². The molecule has 0 aromatic heterocycles. The van der Waals surface area contributed by atoms with Gasteiger partial charge in [-0.2, -0.15) is 0 Å². The van der Waals surface area contributed by atoms with Crippen molar-refractivity contribution in [3.63, 3.8) is 0 Å². The molecule has 0 fully saturated rings. The summed E-state index contributed by atoms with van der Waals surface area (Å²) in [4.78, 5) is 11.0. The number of carbonyl (C=O) groups excluding carboxylic acids is 1. The zero-order chi connectivity index (χ0) is 14.5. The zero-order valence-electron chi connectivity index (χ0n) is 10.7. The second kappa shape index (κ2) is 6.39. The predicted molar refractivity (Wildman–Crippen MR) is 74.1 cm³/mol. The molecule has 0 aliphatic heterocycles. The standard InChI is InChI=1S/C15H12ClFO3/c1-19-15-6-5-10(7-13(15)17)9-20-14-4-2-3-12(16)11(14)8-18/h2-8H,9H2,1H3. The molecule has 104 valence electrons. The van der Waals surface area contributed by atoms with Crippen LogP contribution in [-0.2, 0) is 6.61 Å². The van der Waals surface area contributed by atoms with Crippen LogP contribution in [0.2, 0.25) is 5.02 Å². The summed E-state index contributed by atoms with van der Waals surface area (Å²) < 4.78 is 23.9. The number of aldehydes is 1. The molecule has 0 unspecified atom stereocenters. The molecule has 0 heterocycles. The van der Waals surface area contributed by atoms with E-state index in [1.54, 1.807) is 24.3 Å². The molecule has 0 atom stereocenters. The molecule has 0 amide bonds. The van der Waals surface area contributed by atoms with Gasteiger partial charge in [0.1, 0.15) is 12.4 Å². The van der Waals surface area contributed by atoms with Gasteiger partial charge < -0.3 is 9.47 Å². The molecule has 0 N–H and O–H groups in total. The number of rotatable bonds is 5. The molecule has 0 saturated heterocycles. The molecule has 0 radical (unpaired) electrons. The van der Waals surface area contributed by atoms with Crippen LogP contribution in [0.1, 0.15) is 15.9 Å². The molecule has 0 aliphatic rings. The number of hydrogen-bond donors (Lipinski definition) is 0. The molecule has 0 spiro atoms. The van der Waals surface area contributed by atoms with Crippen LogP contribution in [0.25, 0.3) is 0 Å². The van der Waals surface area contributed by atoms with Crippen molar-refractivity contribution in [2.45, 2.75) is 6.61 Å². The third-order valence-electron chi connectivity index (χ3n) is 2.74. The van der Waals surface area contributed by atoms with Crippen molar-refractivity contribution in [1.29, 1.82) is 0 Å². The third kappa shape index (κ3) is 3.08. The summed E-state index contributed by atoms with van der Waals surface area (Å²) in [7, 11) is 1.40. The highest BCUT2D eigenvalue weighted by molar-refractivity contribution is 6.33. The molecule has 3 nitrogen and oxygen atoms in total. The van der Waals surface area contributed by atoms with Crippen molar-refractivity contribution in [1.82, 2.24) is 0 Å². The Balaban J connectivity index is 2.15. The molecular weight excluding hydrogens is 283 g/mol. The van der Waals surface area contributed by atoms with Gasteiger partial charge in [-0.3, -0.25) is 4.79 Å². The van der Waals surface area contributed by atoms with E-state index in [1.165, 1.54) is 19.2 Å². The average molecular weight is 295 g/mol. The Labute approximate surface area is 120 Å². The molecule has 0 saturated carbocycles. The summed E-state index contributed by atoms with van der Waals surface area (Å²) >= 11 is 5.89. The fraction of sp³-hybridized carbons (Fsp3) is 0.133. The predicted octanol–water partition coefficient (Wildman–Crippen LogP) is 3.88. The van der Waals surface area contributed by atoms with Crippen LogP contribution in [0.5, 0.6) is 11.5 Å². The van der Waals surface area contributed by atoms with Crippen LogP contribution in [0.15, 0.2) is 36.4 Å². The third-order valence-corrected chi connectivity index (χ3v) is 3.07. The van der Waals surface area contributed by atoms with Crippen LogP contribution >= 0.6 is 11.6 Å². The number of carbonyl (C=O) groups is 1. The zero-order valence-corrected chi connectivity index (χ0v) is 11.5. The van der Waals surface area contributed by atoms with Crippen molar-refractivity contribution < 1.29 is 18.7 Å². The van der Waals surface area contributed by atoms with E-state index in [9.17, 15) is 9.18 Å². The van der Waals surface area contributed by atoms with Gasteiger partial charge in [0, 0.05) is 0 Å². The SMILES string of the molecule is COc1ccc(COc2cccc(Cl)c2C=O)cc1F. The van der Waals surface area contributed by atoms with Gasteiger partial charge >= 0.3 is 0 Å². The molecule has 2 aromatic rings. The Hall–Kier alpha value is -2.07. The van der Waals surface area contributed by atoms with Crippen molar-refractivity contribution >= 4 is 17.9 Å². The molecular formula is C15H12ClFO3. The van der Waals surface area contributed by atoms with E-state index in [0.29, 0.717) is 22.6 Å². The number of hydrogen-bond acceptors (Lipinski definition) is 3. The van der Waals surface area contributed by atoms with E-state index in [-0.39, 0.29) is 17.9 Å². The smallest absolute Gasteiger partial charge is 0.165 e. The summed E-state index contributed by atoms with van der Waals surface area (Å²) in [5.74, 6) is 0.0733. The first-order valence-electron chi connectivity index (χ1n) is 5.84. The quantitative estimate of drug-likeness (QED) is 0.785. The summed E-state index contributed by atoms with van der Waals surface area (Å²) in [6.45, 7) is 0.127. The highest BCUT2D eigenvalue weighted by atomic mass is 35.5. The van der Waals surface area contributed by atoms with Gasteiger partial charge in [-0.25, -0.2) is 4.39 Å². The van der Waals surface area contributed by atoms with Gasteiger partial charge in [0.25, 0.3) is 0 Å². The van der Waals surface area contributed by atoms with Crippen LogP contribution in [-0.4, -0.2) is 13.4 Å². The van der Waals surface area contributed by atoms with Crippen LogP contribution in [0, 0.1) is 5.82 Å². The van der Waals surface area contributed by atoms with E-state index < -0.39 is 5.82 Å². The lowest BCUT2D eigenvalue weighted by molar-refractivity contribution is 0.111. The molecule has 0 aliphatic carbocycles. The van der Waals surface area contributed by atoms with Gasteiger partial charge in [0.05, 0.1) is 17.7 Å². The Morgan fingerprint density at radius 2 is 2.05 bits per heavy atom. The number of benzene rings is 2. The number of methoxy groups -OCH3 is 1. The largest absolute Gasteiger partial charge is 0.494 e. The summed E-state index contributed by atoms with van der Waals surface area (Å²) in [5.41, 5.74) is 0.906. The van der Waals surface area contributed by atoms with Gasteiger partial charge in [0.2, 0.25) is 0 Å². The number of ether oxygens (including phenoxy) is 2. The Morgan fingerprint density at radius 1 is 1.25 bits per heavy atom. The lowest BCUT2D eigenvalue weighted by Crippen LogP contribution is -2.00. The summed E-state index contributed by atoms with van der Waals surface area (Å²) in [5, 5.41) is 0.318. The highest BCUT2D eigenvalue weighted by Crippen LogP contribution is 2.26.